The summed E-state index contributed by atoms with van der Waals surface area (Å²) in [6.45, 7) is 8.13. The van der Waals surface area contributed by atoms with Gasteiger partial charge in [-0.2, -0.15) is 0 Å². The maximum Gasteiger partial charge on any atom is 0.408 e. The van der Waals surface area contributed by atoms with E-state index in [0.29, 0.717) is 18.4 Å². The van der Waals surface area contributed by atoms with Crippen LogP contribution in [-0.2, 0) is 23.9 Å². The number of amides is 4. The number of primary amides is 1. The number of alkyl carbamates (subject to hydrolysis) is 1. The number of likely N-dealkylation sites (tertiary alicyclic amines) is 1. The summed E-state index contributed by atoms with van der Waals surface area (Å²) < 4.78 is 5.35. The lowest BCUT2D eigenvalue weighted by Crippen LogP contribution is -2.60. The molecule has 222 valence electrons. The first-order valence-corrected chi connectivity index (χ1v) is 15.2. The van der Waals surface area contributed by atoms with Gasteiger partial charge >= 0.3 is 6.09 Å². The Hall–Kier alpha value is -2.65. The van der Waals surface area contributed by atoms with Gasteiger partial charge in [0, 0.05) is 6.54 Å². The third-order valence-corrected chi connectivity index (χ3v) is 10.8. The van der Waals surface area contributed by atoms with Crippen molar-refractivity contribution in [2.75, 3.05) is 6.54 Å². The molecule has 1 spiro atoms. The molecule has 1 heterocycles. The van der Waals surface area contributed by atoms with E-state index in [1.54, 1.807) is 18.7 Å². The van der Waals surface area contributed by atoms with Crippen molar-refractivity contribution >= 4 is 29.6 Å². The Kier molecular flexibility index (Phi) is 7.68. The lowest BCUT2D eigenvalue weighted by Gasteiger charge is -2.38. The summed E-state index contributed by atoms with van der Waals surface area (Å²) in [5.74, 6) is -2.23. The number of fused-ring (bicyclic) bond motifs is 1. The third-order valence-electron chi connectivity index (χ3n) is 10.8. The van der Waals surface area contributed by atoms with E-state index in [0.717, 1.165) is 44.9 Å². The first-order chi connectivity index (χ1) is 18.8. The van der Waals surface area contributed by atoms with Crippen LogP contribution in [-0.4, -0.2) is 65.3 Å². The number of hydrogen-bond donors (Lipinski definition) is 3. The van der Waals surface area contributed by atoms with Gasteiger partial charge in [-0.05, 0) is 93.3 Å². The van der Waals surface area contributed by atoms with E-state index >= 15 is 0 Å². The molecular weight excluding hydrogens is 512 g/mol. The molecule has 0 aromatic carbocycles. The lowest BCUT2D eigenvalue weighted by atomic mass is 9.76. The second-order valence-electron chi connectivity index (χ2n) is 14.1. The van der Waals surface area contributed by atoms with Gasteiger partial charge in [0.05, 0.1) is 12.1 Å². The fourth-order valence-electron chi connectivity index (χ4n) is 7.73. The summed E-state index contributed by atoms with van der Waals surface area (Å²) in [5, 5.41) is 5.70. The number of ether oxygens (including phenoxy) is 1. The summed E-state index contributed by atoms with van der Waals surface area (Å²) in [5.41, 5.74) is 5.62. The Labute approximate surface area is 236 Å². The van der Waals surface area contributed by atoms with Crippen molar-refractivity contribution in [2.24, 2.45) is 40.2 Å². The molecule has 0 radical (unpaired) electrons. The van der Waals surface area contributed by atoms with E-state index in [9.17, 15) is 24.0 Å². The summed E-state index contributed by atoms with van der Waals surface area (Å²) in [4.78, 5) is 66.8. The number of Topliss-reactive ketones (excluding diaryl/α,β-unsaturated/α-hetero) is 1. The van der Waals surface area contributed by atoms with Gasteiger partial charge in [0.15, 0.2) is 0 Å². The van der Waals surface area contributed by atoms with E-state index < -0.39 is 41.8 Å². The highest BCUT2D eigenvalue weighted by Crippen LogP contribution is 2.65. The molecular formula is C30H46N4O6. The Bertz CT molecular complexity index is 1050. The van der Waals surface area contributed by atoms with Crippen LogP contribution in [0.4, 0.5) is 4.79 Å². The molecule has 5 unspecified atom stereocenters. The van der Waals surface area contributed by atoms with Crippen LogP contribution in [0.2, 0.25) is 0 Å². The van der Waals surface area contributed by atoms with E-state index in [-0.39, 0.29) is 41.1 Å². The van der Waals surface area contributed by atoms with Crippen LogP contribution < -0.4 is 16.4 Å². The first kappa shape index (κ1) is 28.9. The molecule has 10 nitrogen and oxygen atoms in total. The van der Waals surface area contributed by atoms with Gasteiger partial charge in [0.25, 0.3) is 5.91 Å². The van der Waals surface area contributed by atoms with Gasteiger partial charge in [-0.25, -0.2) is 4.79 Å². The molecule has 5 atom stereocenters. The molecule has 4 amide bonds. The van der Waals surface area contributed by atoms with Gasteiger partial charge in [-0.15, -0.1) is 0 Å². The number of piperidine rings is 1. The van der Waals surface area contributed by atoms with Crippen molar-refractivity contribution in [3.8, 4) is 0 Å². The summed E-state index contributed by atoms with van der Waals surface area (Å²) in [7, 11) is 0. The van der Waals surface area contributed by atoms with E-state index in [1.807, 2.05) is 0 Å². The van der Waals surface area contributed by atoms with E-state index in [4.69, 9.17) is 10.5 Å². The van der Waals surface area contributed by atoms with Crippen LogP contribution >= 0.6 is 0 Å². The SMILES string of the molecule is CC(C)OC(=O)NC(C(=O)N1CC2C(C1C(=O)NC(CC1CCC1)C(=O)C(N)=O)C2(C)C)C1CCC2(CC1)CC2. The zero-order valence-corrected chi connectivity index (χ0v) is 24.4. The molecule has 0 bridgehead atoms. The quantitative estimate of drug-likeness (QED) is 0.351. The minimum absolute atomic E-state index is 0.0325. The van der Waals surface area contributed by atoms with Crippen molar-refractivity contribution in [2.45, 2.75) is 116 Å². The first-order valence-electron chi connectivity index (χ1n) is 15.2. The summed E-state index contributed by atoms with van der Waals surface area (Å²) in [6, 6.07) is -2.55. The molecule has 1 saturated heterocycles. The molecule has 40 heavy (non-hydrogen) atoms. The Morgan fingerprint density at radius 2 is 1.62 bits per heavy atom. The van der Waals surface area contributed by atoms with Crippen molar-refractivity contribution in [1.82, 2.24) is 15.5 Å². The topological polar surface area (TPSA) is 148 Å². The highest BCUT2D eigenvalue weighted by molar-refractivity contribution is 6.37. The van der Waals surface area contributed by atoms with Crippen LogP contribution in [0.25, 0.3) is 0 Å². The van der Waals surface area contributed by atoms with Crippen LogP contribution in [0, 0.1) is 34.5 Å². The van der Waals surface area contributed by atoms with Crippen LogP contribution in [0.3, 0.4) is 0 Å². The minimum atomic E-state index is -1.06. The second kappa shape index (κ2) is 10.6. The minimum Gasteiger partial charge on any atom is -0.447 e. The number of carbonyl (C=O) groups excluding carboxylic acids is 5. The molecule has 5 fully saturated rings. The Morgan fingerprint density at radius 3 is 2.15 bits per heavy atom. The van der Waals surface area contributed by atoms with Gasteiger partial charge < -0.3 is 26.0 Å². The van der Waals surface area contributed by atoms with Gasteiger partial charge in [-0.3, -0.25) is 19.2 Å². The smallest absolute Gasteiger partial charge is 0.408 e. The maximum absolute atomic E-state index is 14.2. The Morgan fingerprint density at radius 1 is 0.975 bits per heavy atom. The summed E-state index contributed by atoms with van der Waals surface area (Å²) in [6.07, 6.45) is 8.64. The molecule has 4 saturated carbocycles. The molecule has 4 N–H and O–H groups in total. The average Bonchev–Trinajstić information content (AvgIpc) is 3.65. The zero-order chi connectivity index (χ0) is 29.0. The number of rotatable bonds is 10. The monoisotopic (exact) mass is 558 g/mol. The van der Waals surface area contributed by atoms with Crippen molar-refractivity contribution in [3.63, 3.8) is 0 Å². The highest BCUT2D eigenvalue weighted by atomic mass is 16.6. The highest BCUT2D eigenvalue weighted by Gasteiger charge is 2.70. The molecule has 10 heteroatoms. The van der Waals surface area contributed by atoms with E-state index in [2.05, 4.69) is 24.5 Å². The third kappa shape index (κ3) is 5.59. The number of ketones is 1. The number of hydrogen-bond acceptors (Lipinski definition) is 6. The number of nitrogens with zero attached hydrogens (tertiary/aromatic N) is 1. The lowest BCUT2D eigenvalue weighted by molar-refractivity contribution is -0.144. The zero-order valence-electron chi connectivity index (χ0n) is 24.4. The van der Waals surface area contributed by atoms with Crippen LogP contribution in [0.5, 0.6) is 0 Å². The average molecular weight is 559 g/mol. The molecule has 0 aromatic rings. The normalized spacial score (nSPS) is 31.0. The Balaban J connectivity index is 1.35. The van der Waals surface area contributed by atoms with Crippen molar-refractivity contribution in [1.29, 1.82) is 0 Å². The maximum atomic E-state index is 14.2. The van der Waals surface area contributed by atoms with Gasteiger partial charge in [0.2, 0.25) is 17.6 Å². The van der Waals surface area contributed by atoms with Crippen LogP contribution in [0.15, 0.2) is 0 Å². The van der Waals surface area contributed by atoms with Gasteiger partial charge in [0.1, 0.15) is 12.1 Å². The second-order valence-corrected chi connectivity index (χ2v) is 14.1. The molecule has 5 rings (SSSR count). The predicted octanol–water partition coefficient (Wildman–Crippen LogP) is 2.67. The predicted molar refractivity (Wildman–Crippen MR) is 147 cm³/mol. The summed E-state index contributed by atoms with van der Waals surface area (Å²) >= 11 is 0. The molecule has 5 aliphatic rings. The van der Waals surface area contributed by atoms with Gasteiger partial charge in [-0.1, -0.05) is 33.1 Å². The molecule has 4 aliphatic carbocycles. The fraction of sp³-hybridized carbons (Fsp3) is 0.833. The largest absolute Gasteiger partial charge is 0.447 e. The molecule has 0 aromatic heterocycles. The standard InChI is InChI=1S/C30H46N4O6/c1-16(2)40-28(39)33-22(18-8-10-30(11-9-18)12-13-30)27(38)34-15-19-21(29(19,3)4)23(34)26(37)32-20(24(35)25(31)36)14-17-6-5-7-17/h16-23H,5-15H2,1-4H3,(H2,31,36)(H,32,37)(H,33,39). The molecule has 1 aliphatic heterocycles. The van der Waals surface area contributed by atoms with Crippen molar-refractivity contribution < 1.29 is 28.7 Å². The number of nitrogens with one attached hydrogen (secondary N) is 2. The van der Waals surface area contributed by atoms with Crippen LogP contribution in [0.1, 0.15) is 91.9 Å². The number of nitrogens with two attached hydrogens (primary N) is 1. The van der Waals surface area contributed by atoms with Crippen molar-refractivity contribution in [3.05, 3.63) is 0 Å². The van der Waals surface area contributed by atoms with E-state index in [1.165, 1.54) is 12.8 Å². The number of carbonyl (C=O) groups is 5. The fourth-order valence-corrected chi connectivity index (χ4v) is 7.73.